The van der Waals surface area contributed by atoms with Gasteiger partial charge < -0.3 is 0 Å². The number of halogens is 1. The number of likely N-dealkylation sites (tertiary alicyclic amines) is 1. The fourth-order valence-corrected chi connectivity index (χ4v) is 4.11. The number of carbonyl (C=O) groups excluding carboxylic acids is 1. The van der Waals surface area contributed by atoms with E-state index in [1.807, 2.05) is 5.38 Å². The van der Waals surface area contributed by atoms with Gasteiger partial charge in [0.1, 0.15) is 5.82 Å². The van der Waals surface area contributed by atoms with E-state index in [1.165, 1.54) is 42.7 Å². The number of thiazole rings is 1. The second-order valence-electron chi connectivity index (χ2n) is 6.89. The number of benzene rings is 1. The molecule has 0 spiro atoms. The van der Waals surface area contributed by atoms with Gasteiger partial charge in [-0.1, -0.05) is 6.42 Å². The molecule has 1 aliphatic rings. The second kappa shape index (κ2) is 7.70. The number of rotatable bonds is 4. The van der Waals surface area contributed by atoms with Crippen molar-refractivity contribution in [1.82, 2.24) is 14.9 Å². The SMILES string of the molecule is Cc1nc2cc(F)ccc2cc1C(=O)Nc1nc(CN2CCCCC2)cs1. The molecule has 1 fully saturated rings. The van der Waals surface area contributed by atoms with Gasteiger partial charge in [-0.3, -0.25) is 20.0 Å². The predicted octanol–water partition coefficient (Wildman–Crippen LogP) is 4.38. The Hall–Kier alpha value is -2.38. The lowest BCUT2D eigenvalue weighted by Crippen LogP contribution is -2.29. The van der Waals surface area contributed by atoms with Crippen LogP contribution in [0.1, 0.15) is 41.0 Å². The number of fused-ring (bicyclic) bond motifs is 1. The molecule has 27 heavy (non-hydrogen) atoms. The highest BCUT2D eigenvalue weighted by atomic mass is 32.1. The number of hydrogen-bond acceptors (Lipinski definition) is 5. The van der Waals surface area contributed by atoms with Crippen LogP contribution in [0, 0.1) is 12.7 Å². The molecule has 0 unspecified atom stereocenters. The van der Waals surface area contributed by atoms with Crippen molar-refractivity contribution < 1.29 is 9.18 Å². The summed E-state index contributed by atoms with van der Waals surface area (Å²) in [6, 6.07) is 6.12. The van der Waals surface area contributed by atoms with E-state index in [0.29, 0.717) is 21.9 Å². The molecule has 0 aliphatic carbocycles. The summed E-state index contributed by atoms with van der Waals surface area (Å²) in [6.45, 7) is 4.81. The molecule has 5 nitrogen and oxygen atoms in total. The average molecular weight is 384 g/mol. The van der Waals surface area contributed by atoms with Gasteiger partial charge in [0.15, 0.2) is 5.13 Å². The molecule has 1 saturated heterocycles. The Kier molecular flexibility index (Phi) is 5.13. The van der Waals surface area contributed by atoms with E-state index in [0.717, 1.165) is 30.7 Å². The van der Waals surface area contributed by atoms with Crippen molar-refractivity contribution in [2.75, 3.05) is 18.4 Å². The number of aryl methyl sites for hydroxylation is 1. The van der Waals surface area contributed by atoms with Crippen molar-refractivity contribution >= 4 is 33.3 Å². The number of nitrogens with one attached hydrogen (secondary N) is 1. The first-order valence-electron chi connectivity index (χ1n) is 9.13. The minimum absolute atomic E-state index is 0.245. The quantitative estimate of drug-likeness (QED) is 0.725. The van der Waals surface area contributed by atoms with Crippen LogP contribution in [0.15, 0.2) is 29.6 Å². The summed E-state index contributed by atoms with van der Waals surface area (Å²) < 4.78 is 13.4. The van der Waals surface area contributed by atoms with E-state index in [2.05, 4.69) is 20.2 Å². The van der Waals surface area contributed by atoms with E-state index in [4.69, 9.17) is 0 Å². The van der Waals surface area contributed by atoms with Gasteiger partial charge >= 0.3 is 0 Å². The highest BCUT2D eigenvalue weighted by molar-refractivity contribution is 7.14. The molecule has 2 aromatic heterocycles. The van der Waals surface area contributed by atoms with Crippen LogP contribution < -0.4 is 5.32 Å². The maximum Gasteiger partial charge on any atom is 0.259 e. The number of hydrogen-bond donors (Lipinski definition) is 1. The molecule has 1 amide bonds. The van der Waals surface area contributed by atoms with Crippen molar-refractivity contribution in [2.45, 2.75) is 32.7 Å². The lowest BCUT2D eigenvalue weighted by molar-refractivity contribution is 0.102. The minimum Gasteiger partial charge on any atom is -0.298 e. The molecule has 0 bridgehead atoms. The summed E-state index contributed by atoms with van der Waals surface area (Å²) in [5.41, 5.74) is 2.57. The fourth-order valence-electron chi connectivity index (χ4n) is 3.41. The number of pyridine rings is 1. The third-order valence-electron chi connectivity index (χ3n) is 4.82. The zero-order valence-corrected chi connectivity index (χ0v) is 16.0. The molecule has 4 rings (SSSR count). The largest absolute Gasteiger partial charge is 0.298 e. The van der Waals surface area contributed by atoms with Crippen molar-refractivity contribution in [2.24, 2.45) is 0 Å². The first-order valence-corrected chi connectivity index (χ1v) is 10.0. The van der Waals surface area contributed by atoms with Crippen LogP contribution in [0.25, 0.3) is 10.9 Å². The third kappa shape index (κ3) is 4.14. The standard InChI is InChI=1S/C20H21FN4OS/c1-13-17(9-14-5-6-15(21)10-18(14)22-13)19(26)24-20-23-16(12-27-20)11-25-7-3-2-4-8-25/h5-6,9-10,12H,2-4,7-8,11H2,1H3,(H,23,24,26). The fraction of sp³-hybridized carbons (Fsp3) is 0.350. The van der Waals surface area contributed by atoms with E-state index in [-0.39, 0.29) is 11.7 Å². The van der Waals surface area contributed by atoms with Crippen molar-refractivity contribution in [1.29, 1.82) is 0 Å². The van der Waals surface area contributed by atoms with E-state index < -0.39 is 0 Å². The van der Waals surface area contributed by atoms with Crippen LogP contribution in [0.2, 0.25) is 0 Å². The summed E-state index contributed by atoms with van der Waals surface area (Å²) in [5, 5.41) is 6.19. The van der Waals surface area contributed by atoms with Gasteiger partial charge in [-0.05, 0) is 51.1 Å². The first kappa shape index (κ1) is 18.0. The number of carbonyl (C=O) groups is 1. The molecule has 0 saturated carbocycles. The molecule has 0 radical (unpaired) electrons. The number of aromatic nitrogens is 2. The first-order chi connectivity index (χ1) is 13.1. The highest BCUT2D eigenvalue weighted by Crippen LogP contribution is 2.22. The van der Waals surface area contributed by atoms with Crippen LogP contribution in [0.5, 0.6) is 0 Å². The molecule has 1 aliphatic heterocycles. The van der Waals surface area contributed by atoms with E-state index >= 15 is 0 Å². The Morgan fingerprint density at radius 2 is 2.04 bits per heavy atom. The summed E-state index contributed by atoms with van der Waals surface area (Å²) >= 11 is 1.43. The third-order valence-corrected chi connectivity index (χ3v) is 5.63. The predicted molar refractivity (Wildman–Crippen MR) is 106 cm³/mol. The summed E-state index contributed by atoms with van der Waals surface area (Å²) in [5.74, 6) is -0.583. The van der Waals surface area contributed by atoms with Crippen molar-refractivity contribution in [3.63, 3.8) is 0 Å². The minimum atomic E-state index is -0.337. The van der Waals surface area contributed by atoms with Crippen LogP contribution in [-0.4, -0.2) is 33.9 Å². The molecule has 1 N–H and O–H groups in total. The normalized spacial score (nSPS) is 15.2. The molecular formula is C20H21FN4OS. The van der Waals surface area contributed by atoms with Gasteiger partial charge in [0.25, 0.3) is 5.91 Å². The monoisotopic (exact) mass is 384 g/mol. The Labute approximate surface area is 161 Å². The van der Waals surface area contributed by atoms with Gasteiger partial charge in [-0.25, -0.2) is 9.37 Å². The number of nitrogens with zero attached hydrogens (tertiary/aromatic N) is 3. The van der Waals surface area contributed by atoms with E-state index in [1.54, 1.807) is 19.1 Å². The molecule has 140 valence electrons. The van der Waals surface area contributed by atoms with Crippen molar-refractivity contribution in [3.8, 4) is 0 Å². The average Bonchev–Trinajstić information content (AvgIpc) is 3.08. The smallest absolute Gasteiger partial charge is 0.259 e. The Bertz CT molecular complexity index is 981. The number of anilines is 1. The summed E-state index contributed by atoms with van der Waals surface area (Å²) in [4.78, 5) is 24.0. The van der Waals surface area contributed by atoms with Crippen molar-refractivity contribution in [3.05, 3.63) is 52.4 Å². The van der Waals surface area contributed by atoms with Gasteiger partial charge in [0.2, 0.25) is 0 Å². The molecule has 7 heteroatoms. The zero-order chi connectivity index (χ0) is 18.8. The summed E-state index contributed by atoms with van der Waals surface area (Å²) in [6.07, 6.45) is 3.79. The van der Waals surface area contributed by atoms with Crippen LogP contribution >= 0.6 is 11.3 Å². The highest BCUT2D eigenvalue weighted by Gasteiger charge is 2.16. The molecule has 3 heterocycles. The second-order valence-corrected chi connectivity index (χ2v) is 7.75. The zero-order valence-electron chi connectivity index (χ0n) is 15.2. The number of amides is 1. The van der Waals surface area contributed by atoms with Crippen LogP contribution in [-0.2, 0) is 6.54 Å². The maximum absolute atomic E-state index is 13.4. The van der Waals surface area contributed by atoms with Gasteiger partial charge in [0.05, 0.1) is 22.5 Å². The Morgan fingerprint density at radius 1 is 1.22 bits per heavy atom. The Morgan fingerprint density at radius 3 is 2.85 bits per heavy atom. The van der Waals surface area contributed by atoms with E-state index in [9.17, 15) is 9.18 Å². The van der Waals surface area contributed by atoms with Crippen LogP contribution in [0.4, 0.5) is 9.52 Å². The topological polar surface area (TPSA) is 58.1 Å². The summed E-state index contributed by atoms with van der Waals surface area (Å²) in [7, 11) is 0. The molecule has 0 atom stereocenters. The van der Waals surface area contributed by atoms with Gasteiger partial charge in [-0.2, -0.15) is 0 Å². The lowest BCUT2D eigenvalue weighted by atomic mass is 10.1. The lowest BCUT2D eigenvalue weighted by Gasteiger charge is -2.25. The maximum atomic E-state index is 13.4. The van der Waals surface area contributed by atoms with Gasteiger partial charge in [0, 0.05) is 23.4 Å². The molecule has 3 aromatic rings. The Balaban J connectivity index is 1.48. The molecular weight excluding hydrogens is 363 g/mol. The van der Waals surface area contributed by atoms with Gasteiger partial charge in [-0.15, -0.1) is 11.3 Å². The number of piperidine rings is 1. The van der Waals surface area contributed by atoms with Crippen LogP contribution in [0.3, 0.4) is 0 Å². The molecule has 1 aromatic carbocycles.